The summed E-state index contributed by atoms with van der Waals surface area (Å²) in [5, 5.41) is 16.6. The number of benzene rings is 2. The van der Waals surface area contributed by atoms with Crippen LogP contribution < -0.4 is 10.1 Å². The molecule has 1 heterocycles. The van der Waals surface area contributed by atoms with E-state index in [1.807, 2.05) is 55.8 Å². The molecule has 0 aliphatic heterocycles. The lowest BCUT2D eigenvalue weighted by Crippen LogP contribution is -2.23. The monoisotopic (exact) mass is 291 g/mol. The van der Waals surface area contributed by atoms with Crippen LogP contribution in [0.2, 0.25) is 0 Å². The summed E-state index contributed by atoms with van der Waals surface area (Å²) in [6, 6.07) is 14.9. The van der Waals surface area contributed by atoms with Crippen molar-refractivity contribution >= 4 is 22.6 Å². The Morgan fingerprint density at radius 1 is 1.27 bits per heavy atom. The van der Waals surface area contributed by atoms with Gasteiger partial charge in [0, 0.05) is 18.6 Å². The van der Waals surface area contributed by atoms with Gasteiger partial charge >= 0.3 is 6.02 Å². The number of fused-ring (bicyclic) bond motifs is 1. The van der Waals surface area contributed by atoms with Crippen molar-refractivity contribution < 1.29 is 4.74 Å². The summed E-state index contributed by atoms with van der Waals surface area (Å²) in [6.45, 7) is 0. The van der Waals surface area contributed by atoms with Crippen LogP contribution in [-0.2, 0) is 7.05 Å². The molecule has 0 spiro atoms. The number of ether oxygens (including phenoxy) is 1. The third kappa shape index (κ3) is 3.04. The standard InChI is InChI=1S/C16H13N5O/c1-21-10-12-7-8-13(9-15(12)20-21)19-16(18-11-17)22-14-5-3-2-4-6-14/h2-10H,1H3,(H,18,19). The number of para-hydroxylation sites is 1. The highest BCUT2D eigenvalue weighted by Crippen LogP contribution is 2.20. The maximum atomic E-state index is 8.83. The summed E-state index contributed by atoms with van der Waals surface area (Å²) in [5.74, 6) is 0.600. The Kier molecular flexibility index (Phi) is 3.70. The minimum Gasteiger partial charge on any atom is -0.425 e. The third-order valence-corrected chi connectivity index (χ3v) is 2.96. The average molecular weight is 291 g/mol. The Hall–Kier alpha value is -3.33. The van der Waals surface area contributed by atoms with Gasteiger partial charge in [0.25, 0.3) is 0 Å². The van der Waals surface area contributed by atoms with Gasteiger partial charge in [0.1, 0.15) is 5.75 Å². The highest BCUT2D eigenvalue weighted by molar-refractivity contribution is 5.85. The number of rotatable bonds is 2. The highest BCUT2D eigenvalue weighted by Gasteiger charge is 2.04. The number of hydrogen-bond acceptors (Lipinski definition) is 4. The molecule has 0 unspecified atom stereocenters. The van der Waals surface area contributed by atoms with E-state index in [2.05, 4.69) is 15.4 Å². The normalized spacial score (nSPS) is 11.2. The lowest BCUT2D eigenvalue weighted by molar-refractivity contribution is 0.531. The number of nitrogens with one attached hydrogen (secondary N) is 1. The third-order valence-electron chi connectivity index (χ3n) is 2.96. The topological polar surface area (TPSA) is 75.2 Å². The van der Waals surface area contributed by atoms with Crippen molar-refractivity contribution in [1.82, 2.24) is 15.1 Å². The van der Waals surface area contributed by atoms with Crippen LogP contribution in [0.25, 0.3) is 10.9 Å². The van der Waals surface area contributed by atoms with Crippen LogP contribution in [0.4, 0.5) is 5.69 Å². The van der Waals surface area contributed by atoms with Crippen molar-refractivity contribution in [3.05, 3.63) is 54.7 Å². The molecule has 0 saturated carbocycles. The number of amidine groups is 1. The molecule has 0 aliphatic rings. The molecule has 22 heavy (non-hydrogen) atoms. The van der Waals surface area contributed by atoms with Crippen molar-refractivity contribution in [2.45, 2.75) is 0 Å². The fourth-order valence-electron chi connectivity index (χ4n) is 2.04. The number of aliphatic imine (C=N–C) groups is 1. The van der Waals surface area contributed by atoms with E-state index in [4.69, 9.17) is 10.00 Å². The molecular weight excluding hydrogens is 278 g/mol. The van der Waals surface area contributed by atoms with Gasteiger partial charge in [-0.25, -0.2) is 5.32 Å². The van der Waals surface area contributed by atoms with Gasteiger partial charge in [-0.3, -0.25) is 4.68 Å². The van der Waals surface area contributed by atoms with Crippen molar-refractivity contribution in [2.24, 2.45) is 12.0 Å². The Balaban J connectivity index is 1.91. The van der Waals surface area contributed by atoms with Gasteiger partial charge in [0.2, 0.25) is 0 Å². The van der Waals surface area contributed by atoms with E-state index in [-0.39, 0.29) is 6.02 Å². The van der Waals surface area contributed by atoms with Gasteiger partial charge in [-0.15, -0.1) is 0 Å². The van der Waals surface area contributed by atoms with E-state index >= 15 is 0 Å². The Morgan fingerprint density at radius 3 is 2.86 bits per heavy atom. The summed E-state index contributed by atoms with van der Waals surface area (Å²) in [5.41, 5.74) is 1.49. The predicted molar refractivity (Wildman–Crippen MR) is 83.6 cm³/mol. The molecule has 0 aliphatic carbocycles. The first-order valence-corrected chi connectivity index (χ1v) is 6.65. The molecule has 3 rings (SSSR count). The van der Waals surface area contributed by atoms with Crippen LogP contribution in [0.1, 0.15) is 0 Å². The van der Waals surface area contributed by atoms with Gasteiger partial charge in [0.15, 0.2) is 6.19 Å². The number of nitrogens with zero attached hydrogens (tertiary/aromatic N) is 4. The molecule has 3 aromatic rings. The van der Waals surface area contributed by atoms with Crippen molar-refractivity contribution in [3.8, 4) is 11.9 Å². The molecule has 6 heteroatoms. The molecule has 0 bridgehead atoms. The fraction of sp³-hybridized carbons (Fsp3) is 0.0625. The van der Waals surface area contributed by atoms with Crippen LogP contribution in [0, 0.1) is 11.5 Å². The lowest BCUT2D eigenvalue weighted by atomic mass is 10.2. The van der Waals surface area contributed by atoms with Gasteiger partial charge in [-0.2, -0.15) is 15.4 Å². The molecule has 0 fully saturated rings. The van der Waals surface area contributed by atoms with E-state index in [0.29, 0.717) is 11.4 Å². The molecule has 1 N–H and O–H groups in total. The predicted octanol–water partition coefficient (Wildman–Crippen LogP) is 2.71. The van der Waals surface area contributed by atoms with Crippen LogP contribution in [-0.4, -0.2) is 15.8 Å². The number of aryl methyl sites for hydroxylation is 1. The Labute approximate surface area is 127 Å². The lowest BCUT2D eigenvalue weighted by Gasteiger charge is -2.06. The highest BCUT2D eigenvalue weighted by atomic mass is 16.5. The Bertz CT molecular complexity index is 861. The largest absolute Gasteiger partial charge is 0.425 e. The first-order chi connectivity index (χ1) is 10.7. The number of aromatic nitrogens is 2. The van der Waals surface area contributed by atoms with Gasteiger partial charge in [-0.1, -0.05) is 18.2 Å². The molecule has 6 nitrogen and oxygen atoms in total. The smallest absolute Gasteiger partial charge is 0.309 e. The van der Waals surface area contributed by atoms with Crippen LogP contribution >= 0.6 is 0 Å². The van der Waals surface area contributed by atoms with E-state index in [9.17, 15) is 0 Å². The summed E-state index contributed by atoms with van der Waals surface area (Å²) < 4.78 is 7.31. The first-order valence-electron chi connectivity index (χ1n) is 6.65. The summed E-state index contributed by atoms with van der Waals surface area (Å²) in [7, 11) is 1.87. The van der Waals surface area contributed by atoms with Gasteiger partial charge in [-0.05, 0) is 30.3 Å². The second-order valence-electron chi connectivity index (χ2n) is 4.61. The van der Waals surface area contributed by atoms with E-state index in [1.54, 1.807) is 16.8 Å². The maximum absolute atomic E-state index is 8.83. The van der Waals surface area contributed by atoms with Crippen molar-refractivity contribution in [3.63, 3.8) is 0 Å². The SMILES string of the molecule is Cn1cc2ccc(N=C(NC#N)Oc3ccccc3)cc2n1. The van der Waals surface area contributed by atoms with E-state index in [0.717, 1.165) is 10.9 Å². The maximum Gasteiger partial charge on any atom is 0.309 e. The average Bonchev–Trinajstić information content (AvgIpc) is 2.88. The molecule has 0 atom stereocenters. The molecule has 1 aromatic heterocycles. The van der Waals surface area contributed by atoms with Crippen LogP contribution in [0.3, 0.4) is 0 Å². The number of nitriles is 1. The molecule has 108 valence electrons. The molecule has 0 saturated heterocycles. The zero-order valence-corrected chi connectivity index (χ0v) is 11.9. The minimum absolute atomic E-state index is 0.115. The molecular formula is C16H13N5O. The minimum atomic E-state index is 0.115. The summed E-state index contributed by atoms with van der Waals surface area (Å²) >= 11 is 0. The second-order valence-corrected chi connectivity index (χ2v) is 4.61. The van der Waals surface area contributed by atoms with Crippen LogP contribution in [0.15, 0.2) is 59.7 Å². The molecule has 2 aromatic carbocycles. The van der Waals surface area contributed by atoms with Crippen LogP contribution in [0.5, 0.6) is 5.75 Å². The van der Waals surface area contributed by atoms with Gasteiger partial charge in [0.05, 0.1) is 11.2 Å². The summed E-state index contributed by atoms with van der Waals surface area (Å²) in [6.07, 6.45) is 3.75. The second kappa shape index (κ2) is 5.97. The fourth-order valence-corrected chi connectivity index (χ4v) is 2.04. The van der Waals surface area contributed by atoms with E-state index in [1.165, 1.54) is 0 Å². The zero-order chi connectivity index (χ0) is 15.4. The Morgan fingerprint density at radius 2 is 2.09 bits per heavy atom. The first kappa shape index (κ1) is 13.6. The van der Waals surface area contributed by atoms with E-state index < -0.39 is 0 Å². The quantitative estimate of drug-likeness (QED) is 0.341. The van der Waals surface area contributed by atoms with Crippen molar-refractivity contribution in [2.75, 3.05) is 0 Å². The zero-order valence-electron chi connectivity index (χ0n) is 11.9. The molecule has 0 radical (unpaired) electrons. The van der Waals surface area contributed by atoms with Crippen molar-refractivity contribution in [1.29, 1.82) is 5.26 Å². The summed E-state index contributed by atoms with van der Waals surface area (Å²) in [4.78, 5) is 4.31. The van der Waals surface area contributed by atoms with Gasteiger partial charge < -0.3 is 4.74 Å². The number of hydrogen-bond donors (Lipinski definition) is 1. The molecule has 0 amide bonds.